The van der Waals surface area contributed by atoms with E-state index < -0.39 is 0 Å². The predicted octanol–water partition coefficient (Wildman–Crippen LogP) is 5.05. The van der Waals surface area contributed by atoms with Gasteiger partial charge >= 0.3 is 0 Å². The number of aryl methyl sites for hydroxylation is 2. The molecule has 4 rings (SSSR count). The van der Waals surface area contributed by atoms with Gasteiger partial charge in [-0.2, -0.15) is 0 Å². The van der Waals surface area contributed by atoms with Gasteiger partial charge in [0.15, 0.2) is 0 Å². The van der Waals surface area contributed by atoms with Gasteiger partial charge in [0.1, 0.15) is 4.83 Å². The van der Waals surface area contributed by atoms with Crippen molar-refractivity contribution in [3.63, 3.8) is 0 Å². The Hall–Kier alpha value is -1.85. The molecule has 1 N–H and O–H groups in total. The molecule has 1 aromatic carbocycles. The lowest BCUT2D eigenvalue weighted by Gasteiger charge is -2.14. The van der Waals surface area contributed by atoms with Gasteiger partial charge in [-0.05, 0) is 55.7 Å². The van der Waals surface area contributed by atoms with Crippen molar-refractivity contribution in [2.24, 2.45) is 0 Å². The molecule has 0 atom stereocenters. The molecule has 0 radical (unpaired) electrons. The van der Waals surface area contributed by atoms with Crippen LogP contribution in [0, 0.1) is 0 Å². The molecule has 0 fully saturated rings. The molecule has 0 saturated heterocycles. The second kappa shape index (κ2) is 8.03. The minimum absolute atomic E-state index is 0.112. The van der Waals surface area contributed by atoms with Gasteiger partial charge in [-0.25, -0.2) is 4.98 Å². The highest BCUT2D eigenvalue weighted by Gasteiger charge is 2.21. The van der Waals surface area contributed by atoms with E-state index >= 15 is 0 Å². The third-order valence-electron chi connectivity index (χ3n) is 5.16. The van der Waals surface area contributed by atoms with Crippen molar-refractivity contribution in [1.82, 2.24) is 9.55 Å². The summed E-state index contributed by atoms with van der Waals surface area (Å²) < 4.78 is 1.82. The molecule has 0 spiro atoms. The van der Waals surface area contributed by atoms with Crippen molar-refractivity contribution in [1.29, 1.82) is 0 Å². The molecule has 0 saturated carbocycles. The van der Waals surface area contributed by atoms with Crippen LogP contribution in [-0.4, -0.2) is 16.1 Å². The Morgan fingerprint density at radius 3 is 2.89 bits per heavy atom. The molecule has 1 aliphatic rings. The third-order valence-corrected chi connectivity index (χ3v) is 6.71. The topological polar surface area (TPSA) is 46.9 Å². The van der Waals surface area contributed by atoms with E-state index in [9.17, 15) is 4.79 Å². The zero-order valence-electron chi connectivity index (χ0n) is 15.6. The number of aromatic nitrogens is 2. The Bertz CT molecular complexity index is 1020. The molecule has 142 valence electrons. The van der Waals surface area contributed by atoms with E-state index in [2.05, 4.69) is 12.2 Å². The Balaban J connectivity index is 1.66. The van der Waals surface area contributed by atoms with Crippen molar-refractivity contribution in [3.05, 3.63) is 55.6 Å². The number of nitrogens with one attached hydrogen (secondary N) is 1. The third kappa shape index (κ3) is 3.63. The molecular formula is C21H24ClN3OS. The summed E-state index contributed by atoms with van der Waals surface area (Å²) in [5.74, 6) is 0.681. The summed E-state index contributed by atoms with van der Waals surface area (Å²) in [4.78, 5) is 20.3. The lowest BCUT2D eigenvalue weighted by atomic mass is 9.97. The van der Waals surface area contributed by atoms with Crippen molar-refractivity contribution >= 4 is 39.1 Å². The molecule has 1 aliphatic carbocycles. The summed E-state index contributed by atoms with van der Waals surface area (Å²) in [6, 6.07) is 7.87. The van der Waals surface area contributed by atoms with E-state index in [0.717, 1.165) is 46.5 Å². The largest absolute Gasteiger partial charge is 0.355 e. The van der Waals surface area contributed by atoms with E-state index in [1.54, 1.807) is 11.3 Å². The number of hydrogen-bond donors (Lipinski definition) is 1. The van der Waals surface area contributed by atoms with E-state index in [4.69, 9.17) is 16.6 Å². The fraction of sp³-hybridized carbons (Fsp3) is 0.429. The summed E-state index contributed by atoms with van der Waals surface area (Å²) >= 11 is 7.95. The lowest BCUT2D eigenvalue weighted by molar-refractivity contribution is 0.651. The number of fused-ring (bicyclic) bond motifs is 3. The minimum atomic E-state index is 0.112. The first-order valence-corrected chi connectivity index (χ1v) is 10.9. The SMILES string of the molecule is CCCn1c(NCCc2ccccc2Cl)nc2sc3c(c2c1=O)CCCC3. The number of thiophene rings is 1. The molecule has 0 unspecified atom stereocenters. The molecule has 4 nitrogen and oxygen atoms in total. The maximum Gasteiger partial charge on any atom is 0.263 e. The minimum Gasteiger partial charge on any atom is -0.355 e. The molecule has 2 heterocycles. The van der Waals surface area contributed by atoms with Crippen LogP contribution in [0.15, 0.2) is 29.1 Å². The number of halogens is 1. The van der Waals surface area contributed by atoms with E-state index in [1.165, 1.54) is 23.3 Å². The molecule has 0 amide bonds. The van der Waals surface area contributed by atoms with Gasteiger partial charge in [-0.3, -0.25) is 9.36 Å². The number of anilines is 1. The van der Waals surface area contributed by atoms with Crippen LogP contribution in [0.3, 0.4) is 0 Å². The molecule has 2 aromatic heterocycles. The quantitative estimate of drug-likeness (QED) is 0.628. The zero-order valence-corrected chi connectivity index (χ0v) is 17.1. The zero-order chi connectivity index (χ0) is 18.8. The van der Waals surface area contributed by atoms with E-state index in [1.807, 2.05) is 28.8 Å². The monoisotopic (exact) mass is 401 g/mol. The fourth-order valence-electron chi connectivity index (χ4n) is 3.81. The van der Waals surface area contributed by atoms with Gasteiger partial charge in [0.25, 0.3) is 5.56 Å². The van der Waals surface area contributed by atoms with E-state index in [-0.39, 0.29) is 5.56 Å². The van der Waals surface area contributed by atoms with Crippen molar-refractivity contribution in [3.8, 4) is 0 Å². The van der Waals surface area contributed by atoms with Crippen molar-refractivity contribution in [2.75, 3.05) is 11.9 Å². The summed E-state index contributed by atoms with van der Waals surface area (Å²) in [7, 11) is 0. The van der Waals surface area contributed by atoms with Crippen LogP contribution in [-0.2, 0) is 25.8 Å². The van der Waals surface area contributed by atoms with Gasteiger partial charge in [0.2, 0.25) is 5.95 Å². The summed E-state index contributed by atoms with van der Waals surface area (Å²) in [5, 5.41) is 5.03. The van der Waals surface area contributed by atoms with Crippen LogP contribution in [0.4, 0.5) is 5.95 Å². The van der Waals surface area contributed by atoms with Crippen LogP contribution in [0.25, 0.3) is 10.2 Å². The van der Waals surface area contributed by atoms with Gasteiger partial charge in [-0.1, -0.05) is 36.7 Å². The van der Waals surface area contributed by atoms with Crippen LogP contribution in [0.2, 0.25) is 5.02 Å². The van der Waals surface area contributed by atoms with Gasteiger partial charge < -0.3 is 5.32 Å². The number of hydrogen-bond acceptors (Lipinski definition) is 4. The lowest BCUT2D eigenvalue weighted by Crippen LogP contribution is -2.26. The Labute approximate surface area is 168 Å². The Morgan fingerprint density at radius 1 is 1.26 bits per heavy atom. The van der Waals surface area contributed by atoms with Crippen LogP contribution >= 0.6 is 22.9 Å². The second-order valence-electron chi connectivity index (χ2n) is 7.05. The highest BCUT2D eigenvalue weighted by atomic mass is 35.5. The molecule has 3 aromatic rings. The smallest absolute Gasteiger partial charge is 0.263 e. The fourth-order valence-corrected chi connectivity index (χ4v) is 5.30. The number of nitrogens with zero attached hydrogens (tertiary/aromatic N) is 2. The first-order valence-electron chi connectivity index (χ1n) is 9.71. The highest BCUT2D eigenvalue weighted by molar-refractivity contribution is 7.18. The van der Waals surface area contributed by atoms with Crippen LogP contribution in [0.1, 0.15) is 42.2 Å². The van der Waals surface area contributed by atoms with Crippen molar-refractivity contribution in [2.45, 2.75) is 52.0 Å². The van der Waals surface area contributed by atoms with Crippen LogP contribution < -0.4 is 10.9 Å². The van der Waals surface area contributed by atoms with E-state index in [0.29, 0.717) is 19.0 Å². The maximum atomic E-state index is 13.2. The predicted molar refractivity (Wildman–Crippen MR) is 114 cm³/mol. The normalized spacial score (nSPS) is 13.7. The number of rotatable bonds is 6. The van der Waals surface area contributed by atoms with Crippen molar-refractivity contribution < 1.29 is 0 Å². The van der Waals surface area contributed by atoms with Gasteiger partial charge in [-0.15, -0.1) is 11.3 Å². The second-order valence-corrected chi connectivity index (χ2v) is 8.54. The average Bonchev–Trinajstić information content (AvgIpc) is 3.04. The Morgan fingerprint density at radius 2 is 2.07 bits per heavy atom. The molecule has 6 heteroatoms. The molecule has 27 heavy (non-hydrogen) atoms. The summed E-state index contributed by atoms with van der Waals surface area (Å²) in [5.41, 5.74) is 2.47. The molecular weight excluding hydrogens is 378 g/mol. The first-order chi connectivity index (χ1) is 13.2. The molecule has 0 aliphatic heterocycles. The standard InChI is InChI=1S/C21H24ClN3OS/c1-2-13-25-20(26)18-15-8-4-6-10-17(15)27-19(18)24-21(25)23-12-11-14-7-3-5-9-16(14)22/h3,5,7,9H,2,4,6,8,10-13H2,1H3,(H,23,24). The number of benzene rings is 1. The Kier molecular flexibility index (Phi) is 5.50. The highest BCUT2D eigenvalue weighted by Crippen LogP contribution is 2.34. The summed E-state index contributed by atoms with van der Waals surface area (Å²) in [6.45, 7) is 3.46. The summed E-state index contributed by atoms with van der Waals surface area (Å²) in [6.07, 6.45) is 6.17. The first kappa shape index (κ1) is 18.5. The average molecular weight is 402 g/mol. The maximum absolute atomic E-state index is 13.2. The van der Waals surface area contributed by atoms with Gasteiger partial charge in [0.05, 0.1) is 5.39 Å². The molecule has 0 bridgehead atoms. The van der Waals surface area contributed by atoms with Crippen LogP contribution in [0.5, 0.6) is 0 Å². The van der Waals surface area contributed by atoms with Gasteiger partial charge in [0, 0.05) is 23.0 Å².